The molecule has 0 heterocycles. The molecule has 0 aromatic rings. The standard InChI is InChI=1S/C4N2O6.BH3O3.Li.H/c7-1-5-11-3(9)4(10)12-6-2-8;2-1(3)4;;/h;2-4H;;/q;;+1;-1. The molecule has 0 saturated heterocycles. The minimum Gasteiger partial charge on any atom is -1.00 e. The molecule has 0 aromatic heterocycles. The van der Waals surface area contributed by atoms with Gasteiger partial charge in [-0.2, -0.15) is 0 Å². The summed E-state index contributed by atoms with van der Waals surface area (Å²) in [5.41, 5.74) is 0. The van der Waals surface area contributed by atoms with Gasteiger partial charge in [0, 0.05) is 10.3 Å². The molecule has 0 spiro atoms. The van der Waals surface area contributed by atoms with Crippen LogP contribution < -0.4 is 18.9 Å². The molecule has 0 saturated carbocycles. The van der Waals surface area contributed by atoms with Crippen LogP contribution in [0.15, 0.2) is 10.3 Å². The number of rotatable bonds is 2. The van der Waals surface area contributed by atoms with Crippen molar-refractivity contribution in [3.05, 3.63) is 0 Å². The van der Waals surface area contributed by atoms with Crippen LogP contribution in [0, 0.1) is 0 Å². The molecule has 88 valence electrons. The van der Waals surface area contributed by atoms with E-state index in [2.05, 4.69) is 20.0 Å². The van der Waals surface area contributed by atoms with Gasteiger partial charge in [-0.05, 0) is 0 Å². The van der Waals surface area contributed by atoms with E-state index >= 15 is 0 Å². The SMILES string of the molecule is O=C=NOC(=O)C(=O)ON=C=O.OB(O)O.[H-].[Li+]. The third-order valence-electron chi connectivity index (χ3n) is 0.498. The average molecular weight is 242 g/mol. The van der Waals surface area contributed by atoms with Crippen LogP contribution in [-0.4, -0.2) is 46.5 Å². The van der Waals surface area contributed by atoms with Crippen LogP contribution in [0.5, 0.6) is 0 Å². The summed E-state index contributed by atoms with van der Waals surface area (Å²) < 4.78 is 0. The van der Waals surface area contributed by atoms with E-state index in [-0.39, 0.29) is 20.3 Å². The van der Waals surface area contributed by atoms with Crippen molar-refractivity contribution in [1.82, 2.24) is 0 Å². The molecule has 0 bridgehead atoms. The van der Waals surface area contributed by atoms with Crippen LogP contribution >= 0.6 is 0 Å². The van der Waals surface area contributed by atoms with E-state index in [1.165, 1.54) is 0 Å². The monoisotopic (exact) mass is 242 g/mol. The molecule has 0 aliphatic rings. The van der Waals surface area contributed by atoms with Crippen LogP contribution in [0.4, 0.5) is 0 Å². The fourth-order valence-electron chi connectivity index (χ4n) is 0.195. The predicted octanol–water partition coefficient (Wildman–Crippen LogP) is -6.36. The normalized spacial score (nSPS) is 6.53. The summed E-state index contributed by atoms with van der Waals surface area (Å²) in [7, 11) is -2.17. The molecule has 17 heavy (non-hydrogen) atoms. The van der Waals surface area contributed by atoms with E-state index in [1.54, 1.807) is 0 Å². The van der Waals surface area contributed by atoms with E-state index in [4.69, 9.17) is 15.1 Å². The Balaban J connectivity index is -0.000000143. The summed E-state index contributed by atoms with van der Waals surface area (Å²) in [6.07, 6.45) is 1.65. The summed E-state index contributed by atoms with van der Waals surface area (Å²) in [5, 5.41) is 26.1. The Morgan fingerprint density at radius 2 is 1.24 bits per heavy atom. The molecule has 0 aliphatic heterocycles. The minimum atomic E-state index is -2.17. The number of nitrogens with zero attached hydrogens (tertiary/aromatic N) is 2. The number of hydrogen-bond acceptors (Lipinski definition) is 11. The van der Waals surface area contributed by atoms with Crippen molar-refractivity contribution < 1.29 is 64.2 Å². The maximum absolute atomic E-state index is 10.2. The Morgan fingerprint density at radius 1 is 1.00 bits per heavy atom. The first-order valence-electron chi connectivity index (χ1n) is 3.06. The van der Waals surface area contributed by atoms with Gasteiger partial charge >= 0.3 is 38.1 Å². The van der Waals surface area contributed by atoms with Gasteiger partial charge in [0.15, 0.2) is 0 Å². The first-order chi connectivity index (χ1) is 7.45. The molecule has 0 aromatic carbocycles. The fourth-order valence-corrected chi connectivity index (χ4v) is 0.195. The van der Waals surface area contributed by atoms with E-state index < -0.39 is 19.3 Å². The van der Waals surface area contributed by atoms with Crippen LogP contribution in [0.3, 0.4) is 0 Å². The van der Waals surface area contributed by atoms with Crippen molar-refractivity contribution in [3.63, 3.8) is 0 Å². The van der Waals surface area contributed by atoms with E-state index in [9.17, 15) is 19.2 Å². The van der Waals surface area contributed by atoms with Crippen molar-refractivity contribution in [3.8, 4) is 0 Å². The molecule has 0 radical (unpaired) electrons. The fraction of sp³-hybridized carbons (Fsp3) is 0. The Kier molecular flexibility index (Phi) is 17.3. The first-order valence-corrected chi connectivity index (χ1v) is 3.06. The Morgan fingerprint density at radius 3 is 1.41 bits per heavy atom. The van der Waals surface area contributed by atoms with Crippen molar-refractivity contribution in [1.29, 1.82) is 0 Å². The zero-order chi connectivity index (χ0) is 13.0. The number of carbonyl (C=O) groups is 2. The second-order valence-corrected chi connectivity index (χ2v) is 1.47. The maximum Gasteiger partial charge on any atom is 1.00 e. The van der Waals surface area contributed by atoms with Crippen LogP contribution in [0.25, 0.3) is 0 Å². The number of isocyanates is 2. The quantitative estimate of drug-likeness (QED) is 0.106. The van der Waals surface area contributed by atoms with Crippen molar-refractivity contribution in [2.24, 2.45) is 10.3 Å². The number of hydrogen-bond donors (Lipinski definition) is 3. The molecule has 0 atom stereocenters. The van der Waals surface area contributed by atoms with Crippen LogP contribution in [0.1, 0.15) is 1.43 Å². The van der Waals surface area contributed by atoms with Gasteiger partial charge in [-0.3, -0.25) is 9.68 Å². The molecular formula is C4H4BLiN2O9. The molecule has 11 nitrogen and oxygen atoms in total. The summed E-state index contributed by atoms with van der Waals surface area (Å²) >= 11 is 0. The summed E-state index contributed by atoms with van der Waals surface area (Å²) in [6.45, 7) is 0. The summed E-state index contributed by atoms with van der Waals surface area (Å²) in [5.74, 6) is -3.20. The second-order valence-electron chi connectivity index (χ2n) is 1.47. The van der Waals surface area contributed by atoms with Gasteiger partial charge in [-0.25, -0.2) is 19.2 Å². The molecular weight excluding hydrogens is 238 g/mol. The van der Waals surface area contributed by atoms with Gasteiger partial charge in [0.2, 0.25) is 0 Å². The zero-order valence-electron chi connectivity index (χ0n) is 9.26. The van der Waals surface area contributed by atoms with E-state index in [0.717, 1.165) is 12.2 Å². The Labute approximate surface area is 107 Å². The molecule has 3 N–H and O–H groups in total. The van der Waals surface area contributed by atoms with Gasteiger partial charge in [-0.1, -0.05) is 0 Å². The molecule has 0 amide bonds. The third kappa shape index (κ3) is 20.3. The number of carbonyl (C=O) groups excluding carboxylic acids is 4. The van der Waals surface area contributed by atoms with E-state index in [0.29, 0.717) is 0 Å². The third-order valence-corrected chi connectivity index (χ3v) is 0.498. The topological polar surface area (TPSA) is 172 Å². The first kappa shape index (κ1) is 20.6. The molecule has 0 unspecified atom stereocenters. The molecule has 0 fully saturated rings. The molecule has 13 heteroatoms. The summed E-state index contributed by atoms with van der Waals surface area (Å²) in [6, 6.07) is 0. The van der Waals surface area contributed by atoms with Crippen molar-refractivity contribution in [2.45, 2.75) is 0 Å². The molecule has 0 aliphatic carbocycles. The van der Waals surface area contributed by atoms with Gasteiger partial charge in [0.1, 0.15) is 0 Å². The van der Waals surface area contributed by atoms with Gasteiger partial charge in [0.25, 0.3) is 12.2 Å². The van der Waals surface area contributed by atoms with Crippen LogP contribution in [0.2, 0.25) is 0 Å². The van der Waals surface area contributed by atoms with E-state index in [1.807, 2.05) is 0 Å². The zero-order valence-corrected chi connectivity index (χ0v) is 8.26. The minimum absolute atomic E-state index is 0. The van der Waals surface area contributed by atoms with Gasteiger partial charge in [0.05, 0.1) is 0 Å². The Hall–Kier alpha value is -1.76. The largest absolute Gasteiger partial charge is 1.00 e. The smallest absolute Gasteiger partial charge is 1.00 e. The van der Waals surface area contributed by atoms with Gasteiger partial charge < -0.3 is 16.5 Å². The second kappa shape index (κ2) is 14.2. The Bertz CT molecular complexity index is 307. The van der Waals surface area contributed by atoms with Crippen molar-refractivity contribution >= 4 is 31.4 Å². The summed E-state index contributed by atoms with van der Waals surface area (Å²) in [4.78, 5) is 46.3. The van der Waals surface area contributed by atoms with Crippen LogP contribution in [-0.2, 0) is 28.9 Å². The van der Waals surface area contributed by atoms with Crippen molar-refractivity contribution in [2.75, 3.05) is 0 Å². The predicted molar refractivity (Wildman–Crippen MR) is 41.9 cm³/mol. The maximum atomic E-state index is 10.2. The molecule has 0 rings (SSSR count). The average Bonchev–Trinajstić information content (AvgIpc) is 2.21. The van der Waals surface area contributed by atoms with Gasteiger partial charge in [-0.15, -0.1) is 0 Å².